The van der Waals surface area contributed by atoms with Crippen molar-refractivity contribution in [3.63, 3.8) is 0 Å². The first kappa shape index (κ1) is 23.6. The minimum absolute atomic E-state index is 0.00312. The fraction of sp³-hybridized carbons (Fsp3) is 0.500. The van der Waals surface area contributed by atoms with Crippen LogP contribution in [0, 0.1) is 0 Å². The van der Waals surface area contributed by atoms with Crippen LogP contribution in [-0.2, 0) is 34.5 Å². The summed E-state index contributed by atoms with van der Waals surface area (Å²) in [7, 11) is -2.90. The van der Waals surface area contributed by atoms with Crippen molar-refractivity contribution in [2.75, 3.05) is 7.11 Å². The number of methoxy groups -OCH3 is 1. The molecule has 2 amide bonds. The highest BCUT2D eigenvalue weighted by atomic mass is 32.2. The number of imide groups is 1. The topological polar surface area (TPSA) is 128 Å². The van der Waals surface area contributed by atoms with Crippen molar-refractivity contribution in [2.24, 2.45) is 0 Å². The van der Waals surface area contributed by atoms with Crippen molar-refractivity contribution in [3.05, 3.63) is 29.8 Å². The zero-order valence-electron chi connectivity index (χ0n) is 16.7. The lowest BCUT2D eigenvalue weighted by Crippen LogP contribution is -2.44. The van der Waals surface area contributed by atoms with Gasteiger partial charge in [-0.2, -0.15) is 4.72 Å². The van der Waals surface area contributed by atoms with E-state index in [0.29, 0.717) is 0 Å². The number of hydrogen-bond acceptors (Lipinski definition) is 7. The Kier molecular flexibility index (Phi) is 7.71. The number of alkyl carbamates (subject to hydrolysis) is 1. The number of benzene rings is 1. The molecule has 9 nitrogen and oxygen atoms in total. The summed E-state index contributed by atoms with van der Waals surface area (Å²) in [5.74, 6) is -1.87. The van der Waals surface area contributed by atoms with Crippen LogP contribution in [0.1, 0.15) is 40.2 Å². The van der Waals surface area contributed by atoms with Crippen LogP contribution in [0.2, 0.25) is 0 Å². The Morgan fingerprint density at radius 1 is 1.04 bits per heavy atom. The van der Waals surface area contributed by atoms with E-state index >= 15 is 0 Å². The second-order valence-corrected chi connectivity index (χ2v) is 8.89. The van der Waals surface area contributed by atoms with Gasteiger partial charge in [-0.05, 0) is 37.0 Å². The smallest absolute Gasteiger partial charge is 0.413 e. The standard InChI is InChI=1S/C18H26N2O7S/c1-11(16(22)27-12(2)15(21)19-17(23)26-6)20-28(24,25)14-9-7-13(8-10-14)18(3,4)5/h7-12,20H,1-6H3,(H,19,21,23)/t11-,12-/m0/s1. The SMILES string of the molecule is COC(=O)NC(=O)[C@H](C)OC(=O)[C@H](C)NS(=O)(=O)c1ccc(C(C)(C)C)cc1. The van der Waals surface area contributed by atoms with Crippen LogP contribution in [0.4, 0.5) is 4.79 Å². The third-order valence-electron chi connectivity index (χ3n) is 3.79. The molecule has 0 aliphatic heterocycles. The molecule has 10 heteroatoms. The third-order valence-corrected chi connectivity index (χ3v) is 5.35. The molecule has 0 fully saturated rings. The molecule has 0 aromatic heterocycles. The van der Waals surface area contributed by atoms with Gasteiger partial charge in [0.2, 0.25) is 10.0 Å². The summed E-state index contributed by atoms with van der Waals surface area (Å²) in [6, 6.07) is 5.06. The number of sulfonamides is 1. The van der Waals surface area contributed by atoms with Crippen LogP contribution >= 0.6 is 0 Å². The van der Waals surface area contributed by atoms with Gasteiger partial charge in [0.25, 0.3) is 5.91 Å². The molecule has 2 N–H and O–H groups in total. The van der Waals surface area contributed by atoms with Gasteiger partial charge in [0.05, 0.1) is 12.0 Å². The molecule has 1 aromatic rings. The average molecular weight is 414 g/mol. The molecule has 156 valence electrons. The average Bonchev–Trinajstić information content (AvgIpc) is 2.60. The highest BCUT2D eigenvalue weighted by molar-refractivity contribution is 7.89. The van der Waals surface area contributed by atoms with Crippen molar-refractivity contribution in [1.29, 1.82) is 0 Å². The zero-order valence-corrected chi connectivity index (χ0v) is 17.5. The number of carbonyl (C=O) groups excluding carboxylic acids is 3. The minimum Gasteiger partial charge on any atom is -0.453 e. The molecule has 0 unspecified atom stereocenters. The van der Waals surface area contributed by atoms with Gasteiger partial charge in [-0.15, -0.1) is 0 Å². The lowest BCUT2D eigenvalue weighted by Gasteiger charge is -2.20. The lowest BCUT2D eigenvalue weighted by molar-refractivity contribution is -0.155. The van der Waals surface area contributed by atoms with Gasteiger partial charge in [-0.1, -0.05) is 32.9 Å². The Hall–Kier alpha value is -2.46. The fourth-order valence-corrected chi connectivity index (χ4v) is 3.26. The molecule has 1 aromatic carbocycles. The summed E-state index contributed by atoms with van der Waals surface area (Å²) in [5, 5.41) is 1.85. The Morgan fingerprint density at radius 3 is 2.04 bits per heavy atom. The van der Waals surface area contributed by atoms with E-state index in [1.165, 1.54) is 26.0 Å². The summed E-state index contributed by atoms with van der Waals surface area (Å²) in [6.45, 7) is 8.54. The number of rotatable bonds is 6. The summed E-state index contributed by atoms with van der Waals surface area (Å²) >= 11 is 0. The zero-order chi connectivity index (χ0) is 21.7. The van der Waals surface area contributed by atoms with Gasteiger partial charge in [0.1, 0.15) is 6.04 Å². The molecule has 0 saturated heterocycles. The monoisotopic (exact) mass is 414 g/mol. The van der Waals surface area contributed by atoms with E-state index < -0.39 is 40.1 Å². The largest absolute Gasteiger partial charge is 0.453 e. The van der Waals surface area contributed by atoms with E-state index in [2.05, 4.69) is 9.46 Å². The fourth-order valence-electron chi connectivity index (χ4n) is 2.07. The minimum atomic E-state index is -3.97. The highest BCUT2D eigenvalue weighted by Crippen LogP contribution is 2.23. The molecule has 1 rings (SSSR count). The maximum absolute atomic E-state index is 12.5. The molecular weight excluding hydrogens is 388 g/mol. The van der Waals surface area contributed by atoms with E-state index in [1.807, 2.05) is 26.1 Å². The lowest BCUT2D eigenvalue weighted by atomic mass is 9.87. The molecule has 0 saturated carbocycles. The predicted octanol–water partition coefficient (Wildman–Crippen LogP) is 1.47. The summed E-state index contributed by atoms with van der Waals surface area (Å²) in [6.07, 6.45) is -2.31. The van der Waals surface area contributed by atoms with Gasteiger partial charge in [0, 0.05) is 0 Å². The van der Waals surface area contributed by atoms with Crippen molar-refractivity contribution in [2.45, 2.75) is 57.1 Å². The van der Waals surface area contributed by atoms with E-state index in [0.717, 1.165) is 12.7 Å². The Bertz CT molecular complexity index is 826. The van der Waals surface area contributed by atoms with Crippen LogP contribution in [0.3, 0.4) is 0 Å². The molecule has 0 radical (unpaired) electrons. The maximum atomic E-state index is 12.5. The van der Waals surface area contributed by atoms with E-state index in [4.69, 9.17) is 4.74 Å². The highest BCUT2D eigenvalue weighted by Gasteiger charge is 2.27. The third kappa shape index (κ3) is 6.61. The quantitative estimate of drug-likeness (QED) is 0.675. The van der Waals surface area contributed by atoms with E-state index in [1.54, 1.807) is 12.1 Å². The maximum Gasteiger partial charge on any atom is 0.413 e. The summed E-state index contributed by atoms with van der Waals surface area (Å²) < 4.78 is 36.3. The van der Waals surface area contributed by atoms with Crippen LogP contribution in [-0.4, -0.2) is 45.6 Å². The molecule has 0 aliphatic rings. The molecule has 2 atom stereocenters. The van der Waals surface area contributed by atoms with E-state index in [9.17, 15) is 22.8 Å². The van der Waals surface area contributed by atoms with Gasteiger partial charge in [-0.3, -0.25) is 14.9 Å². The van der Waals surface area contributed by atoms with Gasteiger partial charge in [-0.25, -0.2) is 13.2 Å². The van der Waals surface area contributed by atoms with Crippen molar-refractivity contribution in [3.8, 4) is 0 Å². The van der Waals surface area contributed by atoms with Gasteiger partial charge in [0.15, 0.2) is 6.10 Å². The number of hydrogen-bond donors (Lipinski definition) is 2. The van der Waals surface area contributed by atoms with Crippen LogP contribution < -0.4 is 10.0 Å². The predicted molar refractivity (Wildman–Crippen MR) is 101 cm³/mol. The Balaban J connectivity index is 2.76. The van der Waals surface area contributed by atoms with Crippen molar-refractivity contribution < 1.29 is 32.3 Å². The van der Waals surface area contributed by atoms with Crippen LogP contribution in [0.25, 0.3) is 0 Å². The van der Waals surface area contributed by atoms with Crippen LogP contribution in [0.15, 0.2) is 29.2 Å². The molecule has 28 heavy (non-hydrogen) atoms. The van der Waals surface area contributed by atoms with Crippen molar-refractivity contribution in [1.82, 2.24) is 10.0 Å². The normalized spacial score (nSPS) is 13.9. The van der Waals surface area contributed by atoms with Crippen LogP contribution in [0.5, 0.6) is 0 Å². The second-order valence-electron chi connectivity index (χ2n) is 7.18. The molecule has 0 aliphatic carbocycles. The Morgan fingerprint density at radius 2 is 1.57 bits per heavy atom. The molecule has 0 bridgehead atoms. The second kappa shape index (κ2) is 9.16. The first-order chi connectivity index (χ1) is 12.8. The molecule has 0 heterocycles. The summed E-state index contributed by atoms with van der Waals surface area (Å²) in [5.41, 5.74) is 0.831. The Labute approximate surface area is 164 Å². The number of carbonyl (C=O) groups is 3. The van der Waals surface area contributed by atoms with Gasteiger partial charge >= 0.3 is 12.1 Å². The number of nitrogens with one attached hydrogen (secondary N) is 2. The summed E-state index contributed by atoms with van der Waals surface area (Å²) in [4.78, 5) is 34.7. The van der Waals surface area contributed by atoms with Crippen molar-refractivity contribution >= 4 is 28.0 Å². The molecular formula is C18H26N2O7S. The number of ether oxygens (including phenoxy) is 2. The first-order valence-electron chi connectivity index (χ1n) is 8.50. The molecule has 0 spiro atoms. The first-order valence-corrected chi connectivity index (χ1v) is 9.98. The van der Waals surface area contributed by atoms with E-state index in [-0.39, 0.29) is 10.3 Å². The number of amides is 2. The van der Waals surface area contributed by atoms with Gasteiger partial charge < -0.3 is 9.47 Å². The number of esters is 1.